The minimum absolute atomic E-state index is 0.0450. The Labute approximate surface area is 672 Å². The Bertz CT molecular complexity index is 2070. The summed E-state index contributed by atoms with van der Waals surface area (Å²) in [7, 11) is -6.06. The van der Waals surface area contributed by atoms with E-state index >= 15 is 0 Å². The van der Waals surface area contributed by atoms with Crippen molar-refractivity contribution in [1.82, 2.24) is 10.6 Å². The first-order valence-electron chi connectivity index (χ1n) is 42.9. The molecule has 0 saturated heterocycles. The van der Waals surface area contributed by atoms with Gasteiger partial charge in [-0.2, -0.15) is 0 Å². The number of ether oxygens (including phenoxy) is 10. The van der Waals surface area contributed by atoms with Gasteiger partial charge in [-0.25, -0.2) is 18.7 Å². The molecule has 0 bridgehead atoms. The lowest BCUT2D eigenvalue weighted by atomic mass is 10.1. The van der Waals surface area contributed by atoms with E-state index in [-0.39, 0.29) is 91.6 Å². The van der Waals surface area contributed by atoms with Crippen molar-refractivity contribution < 1.29 is 113 Å². The zero-order valence-corrected chi connectivity index (χ0v) is 72.2. The van der Waals surface area contributed by atoms with Crippen LogP contribution in [0.25, 0.3) is 0 Å². The van der Waals surface area contributed by atoms with Gasteiger partial charge in [0.15, 0.2) is 12.2 Å². The molecule has 650 valence electrons. The van der Waals surface area contributed by atoms with Gasteiger partial charge in [-0.1, -0.05) is 306 Å². The average molecular weight is 1650 g/mol. The number of rotatable bonds is 87. The predicted molar refractivity (Wildman–Crippen MR) is 436 cm³/mol. The highest BCUT2D eigenvalue weighted by Crippen LogP contribution is 2.44. The molecule has 0 aliphatic rings. The topological polar surface area (TPSA) is 330 Å². The molecule has 26 nitrogen and oxygen atoms in total. The van der Waals surface area contributed by atoms with E-state index in [9.17, 15) is 47.7 Å². The lowest BCUT2D eigenvalue weighted by Gasteiger charge is -2.20. The van der Waals surface area contributed by atoms with Gasteiger partial charge in [0.05, 0.1) is 79.3 Å². The van der Waals surface area contributed by atoms with Crippen molar-refractivity contribution in [2.24, 2.45) is 0 Å². The molecule has 0 rings (SSSR count). The van der Waals surface area contributed by atoms with Crippen LogP contribution >= 0.6 is 37.2 Å². The molecule has 0 heterocycles. The smallest absolute Gasteiger partial charge is 0.462 e. The molecule has 0 aromatic rings. The van der Waals surface area contributed by atoms with Gasteiger partial charge in [0, 0.05) is 50.3 Å². The molecule has 0 saturated carbocycles. The summed E-state index contributed by atoms with van der Waals surface area (Å²) in [5.74, 6) is -0.440. The minimum Gasteiger partial charge on any atom is -0.462 e. The summed E-state index contributed by atoms with van der Waals surface area (Å²) < 4.78 is 100. The van der Waals surface area contributed by atoms with Crippen LogP contribution in [0.15, 0.2) is 0 Å². The number of unbranched alkanes of at least 4 members (excludes halogenated alkanes) is 40. The number of carbonyl (C=O) groups excluding carboxylic acids is 6. The monoisotopic (exact) mass is 1650 g/mol. The van der Waals surface area contributed by atoms with Gasteiger partial charge in [0.1, 0.15) is 26.4 Å². The van der Waals surface area contributed by atoms with Crippen LogP contribution < -0.4 is 10.6 Å². The van der Waals surface area contributed by atoms with E-state index in [1.165, 1.54) is 180 Å². The molecule has 110 heavy (non-hydrogen) atoms. The fraction of sp³-hybridized carbons (Fsp3) is 0.925. The first kappa shape index (κ1) is 107. The third-order valence-electron chi connectivity index (χ3n) is 17.9. The quantitative estimate of drug-likeness (QED) is 0.0144. The van der Waals surface area contributed by atoms with Gasteiger partial charge >= 0.3 is 51.7 Å². The summed E-state index contributed by atoms with van der Waals surface area (Å²) >= 11 is 0. The Kier molecular flexibility index (Phi) is 80.6. The largest absolute Gasteiger partial charge is 0.472 e. The summed E-state index contributed by atoms with van der Waals surface area (Å²) in [5.41, 5.74) is 0. The summed E-state index contributed by atoms with van der Waals surface area (Å²) in [4.78, 5) is 96.0. The summed E-state index contributed by atoms with van der Waals surface area (Å²) in [6.45, 7) is 8.37. The molecule has 4 atom stereocenters. The van der Waals surface area contributed by atoms with Crippen LogP contribution in [0, 0.1) is 0 Å². The lowest BCUT2D eigenvalue weighted by molar-refractivity contribution is -0.161. The zero-order valence-electron chi connectivity index (χ0n) is 68.8. The van der Waals surface area contributed by atoms with Crippen molar-refractivity contribution >= 4 is 73.3 Å². The van der Waals surface area contributed by atoms with E-state index in [0.717, 1.165) is 88.6 Å². The Morgan fingerprint density at radius 1 is 0.282 bits per heavy atom. The molecule has 0 radical (unpaired) electrons. The van der Waals surface area contributed by atoms with E-state index < -0.39 is 90.3 Å². The fourth-order valence-corrected chi connectivity index (χ4v) is 14.7. The molecule has 4 N–H and O–H groups in total. The zero-order chi connectivity index (χ0) is 80.4. The molecule has 4 unspecified atom stereocenters. The maximum absolute atomic E-state index is 12.8. The molecule has 2 amide bonds. The Morgan fingerprint density at radius 2 is 0.518 bits per heavy atom. The van der Waals surface area contributed by atoms with E-state index in [1.807, 2.05) is 0 Å². The Hall–Kier alpha value is -2.82. The van der Waals surface area contributed by atoms with Gasteiger partial charge in [-0.05, 0) is 25.7 Å². The molecule has 0 aromatic heterocycles. The van der Waals surface area contributed by atoms with Crippen molar-refractivity contribution in [3.05, 3.63) is 0 Å². The number of hydrogen-bond donors (Lipinski definition) is 4. The van der Waals surface area contributed by atoms with Crippen molar-refractivity contribution in [1.29, 1.82) is 0 Å². The second-order valence-corrected chi connectivity index (χ2v) is 33.8. The first-order valence-corrected chi connectivity index (χ1v) is 48.3. The third kappa shape index (κ3) is 81.7. The van der Waals surface area contributed by atoms with E-state index in [0.29, 0.717) is 52.1 Å². The number of phosphoric acid groups is 2. The average Bonchev–Trinajstić information content (AvgIpc) is 1.01. The second-order valence-electron chi connectivity index (χ2n) is 28.1. The van der Waals surface area contributed by atoms with Crippen LogP contribution in [0.4, 0.5) is 9.59 Å². The van der Waals surface area contributed by atoms with Gasteiger partial charge in [0.2, 0.25) is 0 Å². The highest BCUT2D eigenvalue weighted by Gasteiger charge is 2.28. The number of amides is 2. The van der Waals surface area contributed by atoms with E-state index in [1.54, 1.807) is 21.6 Å². The van der Waals surface area contributed by atoms with Crippen LogP contribution in [-0.4, -0.2) is 188 Å². The number of nitrogens with one attached hydrogen (secondary N) is 2. The number of esters is 4. The second kappa shape index (κ2) is 82.7. The lowest BCUT2D eigenvalue weighted by Crippen LogP contribution is -2.30. The van der Waals surface area contributed by atoms with Crippen LogP contribution in [0.5, 0.6) is 0 Å². The normalized spacial score (nSPS) is 13.1. The summed E-state index contributed by atoms with van der Waals surface area (Å²) in [6.07, 6.45) is 47.0. The number of hydrogen-bond acceptors (Lipinski definition) is 24. The maximum Gasteiger partial charge on any atom is 0.472 e. The summed E-state index contributed by atoms with van der Waals surface area (Å²) in [5, 5.41) is 4.84. The van der Waals surface area contributed by atoms with Gasteiger partial charge < -0.3 is 67.8 Å². The van der Waals surface area contributed by atoms with Crippen LogP contribution in [0.1, 0.15) is 336 Å². The number of carbonyl (C=O) groups is 6. The molecule has 0 spiro atoms. The molecule has 30 heteroatoms. The Morgan fingerprint density at radius 3 is 0.791 bits per heavy atom. The van der Waals surface area contributed by atoms with Gasteiger partial charge in [-0.3, -0.25) is 37.3 Å². The SMILES string of the molecule is CCCCCCCCCCCCCC(=O)OCC(COP(=O)(O)OCCNC(=O)OCCOCCOCCSSCCOCCOCCOC(=O)NCCOP(=O)(O)OCC(COC(=O)CCCCCCCCCCCCC)OC(=O)CCCCCCCCCCCCC)OC(=O)CCCCCCCCCCCCC. The van der Waals surface area contributed by atoms with Crippen molar-refractivity contribution in [2.75, 3.05) is 130 Å². The highest BCUT2D eigenvalue weighted by molar-refractivity contribution is 8.76. The number of alkyl carbamates (subject to hydrolysis) is 2. The highest BCUT2D eigenvalue weighted by atomic mass is 33.1. The molecule has 0 aliphatic carbocycles. The standard InChI is InChI=1S/C80H154N2O24P2S2/c1-5-9-13-17-21-25-29-33-37-41-45-49-75(83)99-69-73(105-77(85)51-47-43-39-35-31-27-23-19-15-11-7-3)71-103-107(89,90)101-55-53-81-79(87)97-63-61-93-57-59-95-65-67-109-110-68-66-96-60-58-94-62-64-98-80(88)82-54-56-102-108(91,92)104-72-74(106-78(86)52-48-44-40-36-32-28-24-20-16-12-8-4)70-100-76(84)50-46-42-38-34-30-26-22-18-14-10-6-2/h73-74H,5-72H2,1-4H3,(H,81,87)(H,82,88)(H,89,90)(H,91,92). The molecule has 0 fully saturated rings. The van der Waals surface area contributed by atoms with Crippen molar-refractivity contribution in [2.45, 2.75) is 348 Å². The Balaban J connectivity index is 4.29. The van der Waals surface area contributed by atoms with Crippen molar-refractivity contribution in [3.63, 3.8) is 0 Å². The third-order valence-corrected chi connectivity index (χ3v) is 22.2. The predicted octanol–water partition coefficient (Wildman–Crippen LogP) is 19.9. The fourth-order valence-electron chi connectivity index (χ4n) is 11.5. The summed E-state index contributed by atoms with van der Waals surface area (Å²) in [6, 6.07) is 0. The van der Waals surface area contributed by atoms with E-state index in [2.05, 4.69) is 38.3 Å². The minimum atomic E-state index is -4.67. The molecule has 0 aromatic carbocycles. The molecular formula is C80H154N2O24P2S2. The van der Waals surface area contributed by atoms with Gasteiger partial charge in [0.25, 0.3) is 0 Å². The molecule has 0 aliphatic heterocycles. The number of phosphoric ester groups is 2. The van der Waals surface area contributed by atoms with Crippen LogP contribution in [0.2, 0.25) is 0 Å². The van der Waals surface area contributed by atoms with E-state index in [4.69, 9.17) is 65.5 Å². The first-order chi connectivity index (χ1) is 53.6. The maximum atomic E-state index is 12.8. The van der Waals surface area contributed by atoms with Crippen molar-refractivity contribution in [3.8, 4) is 0 Å². The molecular weight excluding hydrogens is 1500 g/mol. The van der Waals surface area contributed by atoms with Gasteiger partial charge in [-0.15, -0.1) is 0 Å². The van der Waals surface area contributed by atoms with Crippen LogP contribution in [0.3, 0.4) is 0 Å². The van der Waals surface area contributed by atoms with Crippen LogP contribution in [-0.2, 0) is 93.8 Å².